The van der Waals surface area contributed by atoms with E-state index in [1.165, 1.54) is 11.3 Å². The maximum atomic E-state index is 11.8. The number of piperidine rings is 1. The van der Waals surface area contributed by atoms with Gasteiger partial charge in [-0.2, -0.15) is 0 Å². The third kappa shape index (κ3) is 3.80. The first-order valence-electron chi connectivity index (χ1n) is 6.42. The van der Waals surface area contributed by atoms with E-state index in [0.717, 1.165) is 36.4 Å². The van der Waals surface area contributed by atoms with Crippen LogP contribution < -0.4 is 10.6 Å². The molecule has 1 aromatic rings. The summed E-state index contributed by atoms with van der Waals surface area (Å²) in [6, 6.07) is 1.96. The molecule has 1 aromatic heterocycles. The molecule has 0 radical (unpaired) electrons. The molecule has 0 spiro atoms. The summed E-state index contributed by atoms with van der Waals surface area (Å²) < 4.78 is 5.73. The number of thiophene rings is 1. The average molecular weight is 268 g/mol. The van der Waals surface area contributed by atoms with E-state index in [2.05, 4.69) is 10.6 Å². The van der Waals surface area contributed by atoms with Crippen molar-refractivity contribution in [1.82, 2.24) is 10.6 Å². The normalized spacial score (nSPS) is 16.7. The van der Waals surface area contributed by atoms with E-state index in [4.69, 9.17) is 4.74 Å². The summed E-state index contributed by atoms with van der Waals surface area (Å²) in [4.78, 5) is 12.6. The Morgan fingerprint density at radius 3 is 3.00 bits per heavy atom. The molecule has 4 nitrogen and oxygen atoms in total. The summed E-state index contributed by atoms with van der Waals surface area (Å²) in [5.41, 5.74) is 1.04. The fourth-order valence-electron chi connectivity index (χ4n) is 2.04. The van der Waals surface area contributed by atoms with Crippen molar-refractivity contribution < 1.29 is 9.53 Å². The maximum absolute atomic E-state index is 11.8. The van der Waals surface area contributed by atoms with Crippen LogP contribution >= 0.6 is 11.3 Å². The highest BCUT2D eigenvalue weighted by molar-refractivity contribution is 7.12. The van der Waals surface area contributed by atoms with Gasteiger partial charge in [0.2, 0.25) is 0 Å². The number of hydrogen-bond donors (Lipinski definition) is 2. The molecular weight excluding hydrogens is 248 g/mol. The quantitative estimate of drug-likeness (QED) is 0.797. The van der Waals surface area contributed by atoms with E-state index in [9.17, 15) is 4.79 Å². The van der Waals surface area contributed by atoms with Crippen LogP contribution in [0.5, 0.6) is 0 Å². The SMILES string of the molecule is Cc1ccsc1C(=O)NCCOC1CCNCC1. The van der Waals surface area contributed by atoms with E-state index >= 15 is 0 Å². The van der Waals surface area contributed by atoms with Crippen LogP contribution in [0.1, 0.15) is 28.1 Å². The summed E-state index contributed by atoms with van der Waals surface area (Å²) in [5.74, 6) is 0.0106. The molecule has 0 atom stereocenters. The van der Waals surface area contributed by atoms with Gasteiger partial charge in [-0.1, -0.05) is 0 Å². The minimum absolute atomic E-state index is 0.0106. The number of carbonyl (C=O) groups is 1. The lowest BCUT2D eigenvalue weighted by Gasteiger charge is -2.22. The van der Waals surface area contributed by atoms with Crippen LogP contribution in [-0.2, 0) is 4.74 Å². The monoisotopic (exact) mass is 268 g/mol. The second kappa shape index (κ2) is 6.87. The molecule has 2 rings (SSSR count). The third-order valence-corrected chi connectivity index (χ3v) is 4.11. The Morgan fingerprint density at radius 1 is 1.56 bits per heavy atom. The highest BCUT2D eigenvalue weighted by atomic mass is 32.1. The number of ether oxygens (including phenoxy) is 1. The van der Waals surface area contributed by atoms with Gasteiger partial charge in [-0.3, -0.25) is 4.79 Å². The number of carbonyl (C=O) groups excluding carboxylic acids is 1. The van der Waals surface area contributed by atoms with E-state index in [1.807, 2.05) is 18.4 Å². The van der Waals surface area contributed by atoms with E-state index in [1.54, 1.807) is 0 Å². The lowest BCUT2D eigenvalue weighted by Crippen LogP contribution is -2.34. The van der Waals surface area contributed by atoms with Crippen molar-refractivity contribution in [2.45, 2.75) is 25.9 Å². The number of hydrogen-bond acceptors (Lipinski definition) is 4. The van der Waals surface area contributed by atoms with Crippen LogP contribution in [0.15, 0.2) is 11.4 Å². The van der Waals surface area contributed by atoms with Crippen molar-refractivity contribution >= 4 is 17.2 Å². The van der Waals surface area contributed by atoms with Crippen molar-refractivity contribution in [3.05, 3.63) is 21.9 Å². The topological polar surface area (TPSA) is 50.4 Å². The molecule has 5 heteroatoms. The summed E-state index contributed by atoms with van der Waals surface area (Å²) in [5, 5.41) is 8.14. The Morgan fingerprint density at radius 2 is 2.33 bits per heavy atom. The highest BCUT2D eigenvalue weighted by Crippen LogP contribution is 2.14. The average Bonchev–Trinajstić information content (AvgIpc) is 2.82. The Labute approximate surface area is 112 Å². The summed E-state index contributed by atoms with van der Waals surface area (Å²) >= 11 is 1.48. The molecule has 0 saturated carbocycles. The van der Waals surface area contributed by atoms with Gasteiger partial charge in [-0.05, 0) is 49.9 Å². The fourth-order valence-corrected chi connectivity index (χ4v) is 2.88. The number of nitrogens with one attached hydrogen (secondary N) is 2. The zero-order valence-corrected chi connectivity index (χ0v) is 11.5. The molecule has 0 aromatic carbocycles. The molecule has 0 unspecified atom stereocenters. The minimum atomic E-state index is 0.0106. The van der Waals surface area contributed by atoms with Crippen molar-refractivity contribution in [2.24, 2.45) is 0 Å². The first-order chi connectivity index (χ1) is 8.77. The molecule has 1 aliphatic rings. The smallest absolute Gasteiger partial charge is 0.261 e. The van der Waals surface area contributed by atoms with Crippen LogP contribution in [0, 0.1) is 6.92 Å². The molecule has 1 aliphatic heterocycles. The van der Waals surface area contributed by atoms with Crippen LogP contribution in [0.2, 0.25) is 0 Å². The second-order valence-corrected chi connectivity index (χ2v) is 5.42. The lowest BCUT2D eigenvalue weighted by atomic mass is 10.1. The molecule has 1 amide bonds. The molecule has 2 heterocycles. The number of amides is 1. The van der Waals surface area contributed by atoms with Crippen LogP contribution in [0.25, 0.3) is 0 Å². The lowest BCUT2D eigenvalue weighted by molar-refractivity contribution is 0.0343. The van der Waals surface area contributed by atoms with Gasteiger partial charge >= 0.3 is 0 Å². The van der Waals surface area contributed by atoms with Crippen LogP contribution in [-0.4, -0.2) is 38.3 Å². The molecule has 100 valence electrons. The highest BCUT2D eigenvalue weighted by Gasteiger charge is 2.13. The van der Waals surface area contributed by atoms with Gasteiger partial charge in [0.25, 0.3) is 5.91 Å². The van der Waals surface area contributed by atoms with Gasteiger partial charge in [0, 0.05) is 6.54 Å². The van der Waals surface area contributed by atoms with Crippen molar-refractivity contribution in [2.75, 3.05) is 26.2 Å². The standard InChI is InChI=1S/C13H20N2O2S/c1-10-4-9-18-12(10)13(16)15-7-8-17-11-2-5-14-6-3-11/h4,9,11,14H,2-3,5-8H2,1H3,(H,15,16). The Hall–Kier alpha value is -0.910. The van der Waals surface area contributed by atoms with E-state index in [-0.39, 0.29) is 5.91 Å². The molecule has 1 fully saturated rings. The van der Waals surface area contributed by atoms with E-state index < -0.39 is 0 Å². The predicted molar refractivity (Wildman–Crippen MR) is 73.2 cm³/mol. The first kappa shape index (κ1) is 13.5. The molecule has 1 saturated heterocycles. The van der Waals surface area contributed by atoms with Crippen LogP contribution in [0.3, 0.4) is 0 Å². The van der Waals surface area contributed by atoms with Gasteiger partial charge in [-0.15, -0.1) is 11.3 Å². The van der Waals surface area contributed by atoms with Gasteiger partial charge in [0.15, 0.2) is 0 Å². The summed E-state index contributed by atoms with van der Waals surface area (Å²) in [6.45, 7) is 5.20. The number of aryl methyl sites for hydroxylation is 1. The van der Waals surface area contributed by atoms with Gasteiger partial charge in [0.05, 0.1) is 17.6 Å². The third-order valence-electron chi connectivity index (χ3n) is 3.10. The van der Waals surface area contributed by atoms with Gasteiger partial charge in [-0.25, -0.2) is 0 Å². The first-order valence-corrected chi connectivity index (χ1v) is 7.30. The summed E-state index contributed by atoms with van der Waals surface area (Å²) in [6.07, 6.45) is 2.49. The van der Waals surface area contributed by atoms with Crippen molar-refractivity contribution in [1.29, 1.82) is 0 Å². The Bertz CT molecular complexity index is 386. The Kier molecular flexibility index (Phi) is 5.16. The predicted octanol–water partition coefficient (Wildman–Crippen LogP) is 1.55. The second-order valence-electron chi connectivity index (χ2n) is 4.51. The minimum Gasteiger partial charge on any atom is -0.376 e. The molecule has 2 N–H and O–H groups in total. The molecule has 0 bridgehead atoms. The molecular formula is C13H20N2O2S. The largest absolute Gasteiger partial charge is 0.376 e. The van der Waals surface area contributed by atoms with E-state index in [0.29, 0.717) is 19.3 Å². The maximum Gasteiger partial charge on any atom is 0.261 e. The van der Waals surface area contributed by atoms with Crippen molar-refractivity contribution in [3.8, 4) is 0 Å². The van der Waals surface area contributed by atoms with Gasteiger partial charge < -0.3 is 15.4 Å². The fraction of sp³-hybridized carbons (Fsp3) is 0.615. The zero-order chi connectivity index (χ0) is 12.8. The molecule has 18 heavy (non-hydrogen) atoms. The van der Waals surface area contributed by atoms with Crippen molar-refractivity contribution in [3.63, 3.8) is 0 Å². The molecule has 0 aliphatic carbocycles. The zero-order valence-electron chi connectivity index (χ0n) is 10.7. The number of rotatable bonds is 5. The Balaban J connectivity index is 1.63. The van der Waals surface area contributed by atoms with Gasteiger partial charge in [0.1, 0.15) is 0 Å². The van der Waals surface area contributed by atoms with Crippen LogP contribution in [0.4, 0.5) is 0 Å². The summed E-state index contributed by atoms with van der Waals surface area (Å²) in [7, 11) is 0.